The standard InChI is InChI=1S/C14H18N2O4S2.ClH/c1-20-14(17)12-13(10-6-2-3-7-11(10)21-12)22(18,19)16-9-5-4-8-15;/h2-3,6-7,16H,4-5,8-9,15H2,1H3;1H. The van der Waals surface area contributed by atoms with Crippen LogP contribution in [0.25, 0.3) is 10.1 Å². The highest BCUT2D eigenvalue weighted by atomic mass is 35.5. The lowest BCUT2D eigenvalue weighted by atomic mass is 10.2. The van der Waals surface area contributed by atoms with Gasteiger partial charge in [-0.15, -0.1) is 23.7 Å². The summed E-state index contributed by atoms with van der Waals surface area (Å²) in [5.41, 5.74) is 5.39. The molecule has 128 valence electrons. The minimum Gasteiger partial charge on any atom is -0.465 e. The molecule has 1 aromatic heterocycles. The molecule has 1 aromatic carbocycles. The molecular weight excluding hydrogens is 360 g/mol. The van der Waals surface area contributed by atoms with Crippen molar-refractivity contribution in [1.29, 1.82) is 0 Å². The molecule has 0 spiro atoms. The second-order valence-electron chi connectivity index (χ2n) is 4.64. The van der Waals surface area contributed by atoms with E-state index in [0.717, 1.165) is 22.5 Å². The minimum absolute atomic E-state index is 0. The van der Waals surface area contributed by atoms with Crippen LogP contribution in [0, 0.1) is 0 Å². The van der Waals surface area contributed by atoms with Gasteiger partial charge in [0.05, 0.1) is 7.11 Å². The average molecular weight is 379 g/mol. The van der Waals surface area contributed by atoms with E-state index in [0.29, 0.717) is 18.4 Å². The van der Waals surface area contributed by atoms with E-state index in [9.17, 15) is 13.2 Å². The molecule has 0 aliphatic heterocycles. The van der Waals surface area contributed by atoms with Crippen LogP contribution in [0.2, 0.25) is 0 Å². The molecular formula is C14H19ClN2O4S2. The number of halogens is 1. The first-order valence-corrected chi connectivity index (χ1v) is 9.11. The summed E-state index contributed by atoms with van der Waals surface area (Å²) in [4.78, 5) is 12.0. The van der Waals surface area contributed by atoms with Gasteiger partial charge in [-0.1, -0.05) is 18.2 Å². The number of nitrogens with two attached hydrogens (primary N) is 1. The molecule has 9 heteroatoms. The lowest BCUT2D eigenvalue weighted by Gasteiger charge is -2.07. The number of benzene rings is 1. The smallest absolute Gasteiger partial charge is 0.349 e. The van der Waals surface area contributed by atoms with Crippen LogP contribution >= 0.6 is 23.7 Å². The molecule has 0 saturated carbocycles. The first-order valence-electron chi connectivity index (χ1n) is 6.81. The van der Waals surface area contributed by atoms with Crippen molar-refractivity contribution in [3.05, 3.63) is 29.1 Å². The first-order chi connectivity index (χ1) is 10.5. The Kier molecular flexibility index (Phi) is 7.43. The second kappa shape index (κ2) is 8.60. The van der Waals surface area contributed by atoms with Gasteiger partial charge in [-0.2, -0.15) is 0 Å². The second-order valence-corrected chi connectivity index (χ2v) is 7.40. The first kappa shape index (κ1) is 19.9. The van der Waals surface area contributed by atoms with Crippen LogP contribution in [0.1, 0.15) is 22.5 Å². The molecule has 1 heterocycles. The monoisotopic (exact) mass is 378 g/mol. The summed E-state index contributed by atoms with van der Waals surface area (Å²) < 4.78 is 33.1. The van der Waals surface area contributed by atoms with Crippen LogP contribution in [-0.4, -0.2) is 34.6 Å². The van der Waals surface area contributed by atoms with E-state index < -0.39 is 16.0 Å². The molecule has 0 bridgehead atoms. The number of carbonyl (C=O) groups is 1. The zero-order valence-corrected chi connectivity index (χ0v) is 15.0. The van der Waals surface area contributed by atoms with Gasteiger partial charge >= 0.3 is 5.97 Å². The van der Waals surface area contributed by atoms with Crippen molar-refractivity contribution in [2.75, 3.05) is 20.2 Å². The summed E-state index contributed by atoms with van der Waals surface area (Å²) in [6.07, 6.45) is 1.38. The third-order valence-corrected chi connectivity index (χ3v) is 5.94. The van der Waals surface area contributed by atoms with Gasteiger partial charge in [-0.25, -0.2) is 17.9 Å². The number of sulfonamides is 1. The fraction of sp³-hybridized carbons (Fsp3) is 0.357. The summed E-state index contributed by atoms with van der Waals surface area (Å²) in [5.74, 6) is -0.650. The van der Waals surface area contributed by atoms with Crippen molar-refractivity contribution in [3.63, 3.8) is 0 Å². The van der Waals surface area contributed by atoms with Crippen LogP contribution in [0.15, 0.2) is 29.2 Å². The number of carbonyl (C=O) groups excluding carboxylic acids is 1. The Morgan fingerprint density at radius 2 is 2.00 bits per heavy atom. The predicted molar refractivity (Wildman–Crippen MR) is 93.9 cm³/mol. The Morgan fingerprint density at radius 1 is 1.30 bits per heavy atom. The van der Waals surface area contributed by atoms with Crippen LogP contribution in [0.4, 0.5) is 0 Å². The Balaban J connectivity index is 0.00000264. The quantitative estimate of drug-likeness (QED) is 0.568. The van der Waals surface area contributed by atoms with Gasteiger partial charge in [0.25, 0.3) is 0 Å². The number of hydrogen-bond acceptors (Lipinski definition) is 6. The highest BCUT2D eigenvalue weighted by Crippen LogP contribution is 2.35. The molecule has 0 aliphatic carbocycles. The Morgan fingerprint density at radius 3 is 2.65 bits per heavy atom. The maximum Gasteiger partial charge on any atom is 0.349 e. The van der Waals surface area contributed by atoms with Crippen molar-refractivity contribution in [1.82, 2.24) is 4.72 Å². The molecule has 0 radical (unpaired) electrons. The highest BCUT2D eigenvalue weighted by molar-refractivity contribution is 7.90. The summed E-state index contributed by atoms with van der Waals surface area (Å²) in [6.45, 7) is 0.792. The minimum atomic E-state index is -3.79. The van der Waals surface area contributed by atoms with E-state index in [2.05, 4.69) is 4.72 Å². The number of methoxy groups -OCH3 is 1. The predicted octanol–water partition coefficient (Wildman–Crippen LogP) is 2.13. The van der Waals surface area contributed by atoms with E-state index in [-0.39, 0.29) is 28.7 Å². The SMILES string of the molecule is COC(=O)c1sc2ccccc2c1S(=O)(=O)NCCCCN.Cl. The lowest BCUT2D eigenvalue weighted by molar-refractivity contribution is 0.0602. The van der Waals surface area contributed by atoms with Crippen molar-refractivity contribution >= 4 is 49.8 Å². The van der Waals surface area contributed by atoms with E-state index in [1.807, 2.05) is 0 Å². The molecule has 23 heavy (non-hydrogen) atoms. The topological polar surface area (TPSA) is 98.5 Å². The Bertz CT molecular complexity index is 774. The van der Waals surface area contributed by atoms with Gasteiger partial charge in [-0.05, 0) is 25.5 Å². The molecule has 0 fully saturated rings. The van der Waals surface area contributed by atoms with Crippen LogP contribution in [-0.2, 0) is 14.8 Å². The number of esters is 1. The molecule has 3 N–H and O–H groups in total. The zero-order chi connectivity index (χ0) is 16.2. The van der Waals surface area contributed by atoms with Crippen molar-refractivity contribution < 1.29 is 17.9 Å². The van der Waals surface area contributed by atoms with Crippen LogP contribution < -0.4 is 10.5 Å². The lowest BCUT2D eigenvalue weighted by Crippen LogP contribution is -2.26. The largest absolute Gasteiger partial charge is 0.465 e. The third kappa shape index (κ3) is 4.42. The summed E-state index contributed by atoms with van der Waals surface area (Å²) in [6, 6.07) is 7.00. The van der Waals surface area contributed by atoms with Crippen LogP contribution in [0.5, 0.6) is 0 Å². The fourth-order valence-corrected chi connectivity index (χ4v) is 4.95. The number of unbranched alkanes of at least 4 members (excludes halogenated alkanes) is 1. The summed E-state index contributed by atoms with van der Waals surface area (Å²) in [7, 11) is -2.56. The van der Waals surface area contributed by atoms with Gasteiger partial charge in [-0.3, -0.25) is 0 Å². The maximum absolute atomic E-state index is 12.6. The molecule has 0 saturated heterocycles. The van der Waals surface area contributed by atoms with E-state index in [1.165, 1.54) is 7.11 Å². The normalized spacial score (nSPS) is 11.2. The van der Waals surface area contributed by atoms with Gasteiger partial charge in [0.1, 0.15) is 9.77 Å². The summed E-state index contributed by atoms with van der Waals surface area (Å²) in [5, 5.41) is 0.527. The average Bonchev–Trinajstić information content (AvgIpc) is 2.91. The molecule has 6 nitrogen and oxygen atoms in total. The number of rotatable bonds is 7. The summed E-state index contributed by atoms with van der Waals surface area (Å²) >= 11 is 1.11. The van der Waals surface area contributed by atoms with Crippen LogP contribution in [0.3, 0.4) is 0 Å². The fourth-order valence-electron chi connectivity index (χ4n) is 2.06. The number of nitrogens with one attached hydrogen (secondary N) is 1. The van der Waals surface area contributed by atoms with Crippen molar-refractivity contribution in [2.45, 2.75) is 17.7 Å². The van der Waals surface area contributed by atoms with Gasteiger partial charge in [0.15, 0.2) is 0 Å². The van der Waals surface area contributed by atoms with Gasteiger partial charge in [0, 0.05) is 16.6 Å². The number of fused-ring (bicyclic) bond motifs is 1. The van der Waals surface area contributed by atoms with Crippen molar-refractivity contribution in [3.8, 4) is 0 Å². The van der Waals surface area contributed by atoms with E-state index >= 15 is 0 Å². The zero-order valence-electron chi connectivity index (χ0n) is 12.6. The number of hydrogen-bond donors (Lipinski definition) is 2. The number of thiophene rings is 1. The van der Waals surface area contributed by atoms with E-state index in [1.54, 1.807) is 24.3 Å². The molecule has 0 unspecified atom stereocenters. The van der Waals surface area contributed by atoms with Gasteiger partial charge in [0.2, 0.25) is 10.0 Å². The molecule has 0 amide bonds. The molecule has 0 atom stereocenters. The highest BCUT2D eigenvalue weighted by Gasteiger charge is 2.28. The molecule has 2 aromatic rings. The van der Waals surface area contributed by atoms with Gasteiger partial charge < -0.3 is 10.5 Å². The maximum atomic E-state index is 12.6. The van der Waals surface area contributed by atoms with E-state index in [4.69, 9.17) is 10.5 Å². The number of ether oxygens (including phenoxy) is 1. The third-order valence-electron chi connectivity index (χ3n) is 3.11. The molecule has 2 rings (SSSR count). The Hall–Kier alpha value is -1.19. The van der Waals surface area contributed by atoms with Crippen molar-refractivity contribution in [2.24, 2.45) is 5.73 Å². The molecule has 0 aliphatic rings. The Labute approximate surface area is 145 Å².